The summed E-state index contributed by atoms with van der Waals surface area (Å²) in [7, 11) is 0. The first kappa shape index (κ1) is 15.8. The van der Waals surface area contributed by atoms with E-state index >= 15 is 0 Å². The van der Waals surface area contributed by atoms with Crippen molar-refractivity contribution in [2.75, 3.05) is 23.3 Å². The predicted molar refractivity (Wildman–Crippen MR) is 92.3 cm³/mol. The molecule has 0 aliphatic carbocycles. The first-order chi connectivity index (χ1) is 10.2. The third kappa shape index (κ3) is 4.43. The number of rotatable bonds is 7. The van der Waals surface area contributed by atoms with Crippen LogP contribution in [0.5, 0.6) is 0 Å². The number of hydrogen-bond acceptors (Lipinski definition) is 4. The number of para-hydroxylation sites is 1. The standard InChI is InChI=1S/C16H21BrN4/c1-3-11-21(12-4-2)15-9-10-18-16(20-15)19-14-8-6-5-7-13(14)17/h5-10H,3-4,11-12H2,1-2H3,(H,18,19,20). The minimum atomic E-state index is 0.622. The number of nitrogens with one attached hydrogen (secondary N) is 1. The van der Waals surface area contributed by atoms with Gasteiger partial charge in [-0.1, -0.05) is 26.0 Å². The molecule has 1 N–H and O–H groups in total. The van der Waals surface area contributed by atoms with Gasteiger partial charge in [-0.2, -0.15) is 4.98 Å². The molecule has 112 valence electrons. The van der Waals surface area contributed by atoms with Crippen molar-refractivity contribution in [2.24, 2.45) is 0 Å². The molecule has 2 rings (SSSR count). The predicted octanol–water partition coefficient (Wildman–Crippen LogP) is 4.61. The Balaban J connectivity index is 2.18. The summed E-state index contributed by atoms with van der Waals surface area (Å²) < 4.78 is 0.998. The summed E-state index contributed by atoms with van der Waals surface area (Å²) in [4.78, 5) is 11.2. The third-order valence-electron chi connectivity index (χ3n) is 3.07. The van der Waals surface area contributed by atoms with Crippen LogP contribution in [0, 0.1) is 0 Å². The molecule has 1 aromatic heterocycles. The van der Waals surface area contributed by atoms with Crippen molar-refractivity contribution < 1.29 is 0 Å². The first-order valence-electron chi connectivity index (χ1n) is 7.34. The molecule has 0 fully saturated rings. The van der Waals surface area contributed by atoms with E-state index in [1.54, 1.807) is 6.20 Å². The molecule has 0 unspecified atom stereocenters. The van der Waals surface area contributed by atoms with E-state index in [0.29, 0.717) is 5.95 Å². The Labute approximate surface area is 134 Å². The highest BCUT2D eigenvalue weighted by molar-refractivity contribution is 9.10. The van der Waals surface area contributed by atoms with Gasteiger partial charge in [-0.25, -0.2) is 4.98 Å². The van der Waals surface area contributed by atoms with Gasteiger partial charge >= 0.3 is 0 Å². The van der Waals surface area contributed by atoms with E-state index < -0.39 is 0 Å². The van der Waals surface area contributed by atoms with Crippen LogP contribution < -0.4 is 10.2 Å². The fourth-order valence-corrected chi connectivity index (χ4v) is 2.53. The fourth-order valence-electron chi connectivity index (χ4n) is 2.15. The number of nitrogens with zero attached hydrogens (tertiary/aromatic N) is 3. The summed E-state index contributed by atoms with van der Waals surface area (Å²) in [6.45, 7) is 6.40. The van der Waals surface area contributed by atoms with E-state index in [0.717, 1.165) is 41.9 Å². The number of halogens is 1. The zero-order chi connectivity index (χ0) is 15.1. The Morgan fingerprint density at radius 2 is 1.81 bits per heavy atom. The summed E-state index contributed by atoms with van der Waals surface area (Å²) in [5.74, 6) is 1.60. The van der Waals surface area contributed by atoms with Gasteiger partial charge in [0.1, 0.15) is 5.82 Å². The van der Waals surface area contributed by atoms with Gasteiger partial charge in [0.2, 0.25) is 5.95 Å². The normalized spacial score (nSPS) is 10.4. The van der Waals surface area contributed by atoms with Crippen molar-refractivity contribution >= 4 is 33.4 Å². The van der Waals surface area contributed by atoms with Gasteiger partial charge in [0.25, 0.3) is 0 Å². The molecule has 2 aromatic rings. The molecule has 1 heterocycles. The van der Waals surface area contributed by atoms with Crippen LogP contribution in [0.3, 0.4) is 0 Å². The van der Waals surface area contributed by atoms with E-state index in [-0.39, 0.29) is 0 Å². The van der Waals surface area contributed by atoms with Gasteiger partial charge in [0.15, 0.2) is 0 Å². The van der Waals surface area contributed by atoms with Gasteiger partial charge in [-0.05, 0) is 47.0 Å². The second kappa shape index (κ2) is 7.98. The first-order valence-corrected chi connectivity index (χ1v) is 8.13. The van der Waals surface area contributed by atoms with Crippen molar-refractivity contribution in [1.29, 1.82) is 0 Å². The Morgan fingerprint density at radius 1 is 1.10 bits per heavy atom. The lowest BCUT2D eigenvalue weighted by atomic mass is 10.3. The molecule has 0 saturated carbocycles. The molecule has 0 atom stereocenters. The minimum Gasteiger partial charge on any atom is -0.356 e. The average Bonchev–Trinajstić information content (AvgIpc) is 2.50. The summed E-state index contributed by atoms with van der Waals surface area (Å²) in [5.41, 5.74) is 0.965. The molecule has 0 saturated heterocycles. The summed E-state index contributed by atoms with van der Waals surface area (Å²) in [6.07, 6.45) is 4.02. The van der Waals surface area contributed by atoms with Gasteiger partial charge in [0, 0.05) is 23.8 Å². The van der Waals surface area contributed by atoms with Crippen LogP contribution in [0.4, 0.5) is 17.5 Å². The molecule has 0 aliphatic rings. The highest BCUT2D eigenvalue weighted by Gasteiger charge is 2.08. The lowest BCUT2D eigenvalue weighted by molar-refractivity contribution is 0.733. The Morgan fingerprint density at radius 3 is 2.48 bits per heavy atom. The quantitative estimate of drug-likeness (QED) is 0.793. The summed E-state index contributed by atoms with van der Waals surface area (Å²) in [6, 6.07) is 9.92. The maximum atomic E-state index is 4.63. The lowest BCUT2D eigenvalue weighted by Crippen LogP contribution is -2.26. The van der Waals surface area contributed by atoms with E-state index in [9.17, 15) is 0 Å². The van der Waals surface area contributed by atoms with Crippen molar-refractivity contribution in [3.05, 3.63) is 41.0 Å². The van der Waals surface area contributed by atoms with Crippen LogP contribution in [0.25, 0.3) is 0 Å². The fraction of sp³-hybridized carbons (Fsp3) is 0.375. The van der Waals surface area contributed by atoms with Crippen LogP contribution in [0.15, 0.2) is 41.0 Å². The molecule has 5 heteroatoms. The SMILES string of the molecule is CCCN(CCC)c1ccnc(Nc2ccccc2Br)n1. The van der Waals surface area contributed by atoms with Crippen LogP contribution in [-0.4, -0.2) is 23.1 Å². The van der Waals surface area contributed by atoms with Gasteiger partial charge in [0.05, 0.1) is 5.69 Å². The Hall–Kier alpha value is -1.62. The zero-order valence-corrected chi connectivity index (χ0v) is 14.1. The monoisotopic (exact) mass is 348 g/mol. The minimum absolute atomic E-state index is 0.622. The highest BCUT2D eigenvalue weighted by Crippen LogP contribution is 2.24. The molecule has 0 spiro atoms. The Bertz CT molecular complexity index is 568. The molecule has 1 aromatic carbocycles. The molecule has 0 amide bonds. The van der Waals surface area contributed by atoms with E-state index in [4.69, 9.17) is 0 Å². The van der Waals surface area contributed by atoms with Crippen molar-refractivity contribution in [3.63, 3.8) is 0 Å². The highest BCUT2D eigenvalue weighted by atomic mass is 79.9. The van der Waals surface area contributed by atoms with E-state index in [1.165, 1.54) is 0 Å². The van der Waals surface area contributed by atoms with Gasteiger partial charge in [-0.15, -0.1) is 0 Å². The molecular weight excluding hydrogens is 328 g/mol. The second-order valence-corrected chi connectivity index (χ2v) is 5.68. The smallest absolute Gasteiger partial charge is 0.229 e. The number of aromatic nitrogens is 2. The van der Waals surface area contributed by atoms with Gasteiger partial charge < -0.3 is 10.2 Å². The summed E-state index contributed by atoms with van der Waals surface area (Å²) >= 11 is 3.52. The van der Waals surface area contributed by atoms with Crippen LogP contribution >= 0.6 is 15.9 Å². The average molecular weight is 349 g/mol. The van der Waals surface area contributed by atoms with Crippen molar-refractivity contribution in [3.8, 4) is 0 Å². The Kier molecular flexibility index (Phi) is 5.99. The molecule has 21 heavy (non-hydrogen) atoms. The third-order valence-corrected chi connectivity index (χ3v) is 3.76. The second-order valence-electron chi connectivity index (χ2n) is 4.83. The van der Waals surface area contributed by atoms with Crippen molar-refractivity contribution in [2.45, 2.75) is 26.7 Å². The number of benzene rings is 1. The largest absolute Gasteiger partial charge is 0.356 e. The van der Waals surface area contributed by atoms with Gasteiger partial charge in [-0.3, -0.25) is 0 Å². The topological polar surface area (TPSA) is 41.1 Å². The molecule has 0 bridgehead atoms. The van der Waals surface area contributed by atoms with Crippen LogP contribution in [0.1, 0.15) is 26.7 Å². The summed E-state index contributed by atoms with van der Waals surface area (Å²) in [5, 5.41) is 3.26. The molecule has 0 radical (unpaired) electrons. The zero-order valence-electron chi connectivity index (χ0n) is 12.5. The number of hydrogen-bond donors (Lipinski definition) is 1. The van der Waals surface area contributed by atoms with Crippen LogP contribution in [-0.2, 0) is 0 Å². The molecule has 4 nitrogen and oxygen atoms in total. The van der Waals surface area contributed by atoms with Crippen molar-refractivity contribution in [1.82, 2.24) is 9.97 Å². The van der Waals surface area contributed by atoms with Crippen LogP contribution in [0.2, 0.25) is 0 Å². The maximum Gasteiger partial charge on any atom is 0.229 e. The number of anilines is 3. The lowest BCUT2D eigenvalue weighted by Gasteiger charge is -2.22. The molecular formula is C16H21BrN4. The van der Waals surface area contributed by atoms with E-state index in [2.05, 4.69) is 50.0 Å². The maximum absolute atomic E-state index is 4.63. The van der Waals surface area contributed by atoms with E-state index in [1.807, 2.05) is 30.3 Å². The molecule has 0 aliphatic heterocycles.